The molecule has 0 unspecified atom stereocenters. The van der Waals surface area contributed by atoms with Crippen molar-refractivity contribution >= 4 is 58.8 Å². The number of nitrogens with zero attached hydrogens (tertiary/aromatic N) is 5. The summed E-state index contributed by atoms with van der Waals surface area (Å²) >= 11 is 0. The Morgan fingerprint density at radius 2 is 0.646 bits per heavy atom. The van der Waals surface area contributed by atoms with Gasteiger partial charge in [-0.2, -0.15) is 5.26 Å². The van der Waals surface area contributed by atoms with E-state index in [4.69, 9.17) is 21.8 Å². The Labute approximate surface area is 377 Å². The van der Waals surface area contributed by atoms with Gasteiger partial charge in [0.05, 0.1) is 17.2 Å². The molecule has 0 heterocycles. The van der Waals surface area contributed by atoms with Crippen LogP contribution in [0.1, 0.15) is 135 Å². The molecule has 4 aromatic rings. The van der Waals surface area contributed by atoms with Gasteiger partial charge >= 0.3 is 5.97 Å². The summed E-state index contributed by atoms with van der Waals surface area (Å²) in [7, 11) is 12.9. The fraction of sp³-hybridized carbons (Fsp3) is 0.255. The highest BCUT2D eigenvalue weighted by Gasteiger charge is 2.17. The first-order valence-electron chi connectivity index (χ1n) is 19.2. The van der Waals surface area contributed by atoms with E-state index in [1.54, 1.807) is 60.5 Å². The molecule has 18 nitrogen and oxygen atoms in total. The first kappa shape index (κ1) is 54.7. The number of hydrogen-bond donors (Lipinski definition) is 3. The quantitative estimate of drug-likeness (QED) is 0.189. The number of nitrogens with two attached hydrogens (primary N) is 2. The number of carboxylic acids is 1. The normalized spacial score (nSPS) is 9.71. The monoisotopic (exact) mass is 891 g/mol. The van der Waals surface area contributed by atoms with E-state index in [0.717, 1.165) is 11.6 Å². The van der Waals surface area contributed by atoms with Gasteiger partial charge < -0.3 is 36.2 Å². The average molecular weight is 892 g/mol. The summed E-state index contributed by atoms with van der Waals surface area (Å²) in [5.74, 6) is -4.05. The minimum Gasteiger partial charge on any atom is -0.478 e. The van der Waals surface area contributed by atoms with Crippen LogP contribution >= 0.6 is 0 Å². The van der Waals surface area contributed by atoms with Crippen LogP contribution in [-0.4, -0.2) is 140 Å². The van der Waals surface area contributed by atoms with Gasteiger partial charge in [-0.25, -0.2) is 4.79 Å². The molecule has 65 heavy (non-hydrogen) atoms. The highest BCUT2D eigenvalue weighted by molar-refractivity contribution is 6.05. The van der Waals surface area contributed by atoms with Gasteiger partial charge in [-0.15, -0.1) is 0 Å². The highest BCUT2D eigenvalue weighted by Crippen LogP contribution is 2.15. The molecule has 0 saturated heterocycles. The van der Waals surface area contributed by atoms with E-state index in [1.165, 1.54) is 103 Å². The molecule has 18 heteroatoms. The molecule has 0 spiro atoms. The summed E-state index contributed by atoms with van der Waals surface area (Å²) < 4.78 is 0. The summed E-state index contributed by atoms with van der Waals surface area (Å²) in [4.78, 5) is 119. The molecular formula is C47H53N7O11. The lowest BCUT2D eigenvalue weighted by Crippen LogP contribution is -2.23. The Bertz CT molecular complexity index is 2430. The maximum absolute atomic E-state index is 11.8. The zero-order valence-corrected chi connectivity index (χ0v) is 38.3. The van der Waals surface area contributed by atoms with Crippen LogP contribution in [0.5, 0.6) is 0 Å². The fourth-order valence-corrected chi connectivity index (χ4v) is 5.27. The summed E-state index contributed by atoms with van der Waals surface area (Å²) in [5, 5.41) is 17.7. The number of ketones is 3. The number of aryl methyl sites for hydroxylation is 1. The predicted molar refractivity (Wildman–Crippen MR) is 241 cm³/mol. The molecule has 0 aromatic heterocycles. The van der Waals surface area contributed by atoms with E-state index < -0.39 is 23.7 Å². The van der Waals surface area contributed by atoms with Gasteiger partial charge in [-0.1, -0.05) is 0 Å². The van der Waals surface area contributed by atoms with Crippen molar-refractivity contribution in [2.24, 2.45) is 11.5 Å². The van der Waals surface area contributed by atoms with E-state index in [1.807, 2.05) is 13.0 Å². The van der Waals surface area contributed by atoms with Gasteiger partial charge in [-0.3, -0.25) is 43.2 Å². The molecule has 0 bridgehead atoms. The first-order chi connectivity index (χ1) is 30.0. The second-order valence-corrected chi connectivity index (χ2v) is 15.1. The van der Waals surface area contributed by atoms with E-state index in [-0.39, 0.29) is 62.9 Å². The lowest BCUT2D eigenvalue weighted by Gasteiger charge is -2.11. The molecule has 0 saturated carbocycles. The number of rotatable bonds is 10. The van der Waals surface area contributed by atoms with Gasteiger partial charge in [0, 0.05) is 106 Å². The lowest BCUT2D eigenvalue weighted by atomic mass is 10.0. The van der Waals surface area contributed by atoms with Crippen molar-refractivity contribution in [2.75, 3.05) is 56.4 Å². The van der Waals surface area contributed by atoms with Crippen molar-refractivity contribution in [1.82, 2.24) is 19.6 Å². The number of primary amides is 2. The largest absolute Gasteiger partial charge is 0.478 e. The first-order valence-corrected chi connectivity index (χ1v) is 19.2. The highest BCUT2D eigenvalue weighted by atomic mass is 16.4. The number of Topliss-reactive ketones (excluding diaryl/α,β-unsaturated/α-hetero) is 3. The number of carbonyl (C=O) groups excluding carboxylic acids is 9. The van der Waals surface area contributed by atoms with Gasteiger partial charge in [0.2, 0.25) is 11.8 Å². The molecule has 0 aliphatic carbocycles. The predicted octanol–water partition coefficient (Wildman–Crippen LogP) is 4.24. The third-order valence-corrected chi connectivity index (χ3v) is 8.65. The number of carboxylic acid groups (broad SMARTS) is 1. The molecule has 342 valence electrons. The van der Waals surface area contributed by atoms with Crippen molar-refractivity contribution in [2.45, 2.75) is 27.7 Å². The van der Waals surface area contributed by atoms with E-state index in [2.05, 4.69) is 0 Å². The molecular weight excluding hydrogens is 839 g/mol. The number of carbonyl (C=O) groups is 10. The Morgan fingerprint density at radius 3 is 0.954 bits per heavy atom. The lowest BCUT2D eigenvalue weighted by molar-refractivity contribution is 0.0694. The van der Waals surface area contributed by atoms with Crippen LogP contribution in [0.4, 0.5) is 0 Å². The van der Waals surface area contributed by atoms with Crippen molar-refractivity contribution in [3.8, 4) is 6.07 Å². The molecule has 4 aromatic carbocycles. The van der Waals surface area contributed by atoms with Crippen molar-refractivity contribution in [1.29, 1.82) is 5.26 Å². The third-order valence-electron chi connectivity index (χ3n) is 8.65. The summed E-state index contributed by atoms with van der Waals surface area (Å²) in [6.45, 7) is 6.14. The van der Waals surface area contributed by atoms with Crippen LogP contribution in [-0.2, 0) is 0 Å². The van der Waals surface area contributed by atoms with Crippen LogP contribution < -0.4 is 11.5 Å². The minimum absolute atomic E-state index is 0.00454. The van der Waals surface area contributed by atoms with E-state index >= 15 is 0 Å². The number of amides is 6. The molecule has 4 rings (SSSR count). The van der Waals surface area contributed by atoms with Crippen LogP contribution in [0.2, 0.25) is 0 Å². The Balaban J connectivity index is 0.000000434. The maximum atomic E-state index is 11.8. The van der Waals surface area contributed by atoms with Crippen LogP contribution in [0.3, 0.4) is 0 Å². The second kappa shape index (κ2) is 24.3. The smallest absolute Gasteiger partial charge is 0.335 e. The van der Waals surface area contributed by atoms with Gasteiger partial charge in [0.15, 0.2) is 17.3 Å². The van der Waals surface area contributed by atoms with Crippen LogP contribution in [0.25, 0.3) is 0 Å². The molecule has 0 aliphatic heterocycles. The molecule has 0 radical (unpaired) electrons. The summed E-state index contributed by atoms with van der Waals surface area (Å²) in [6.07, 6.45) is 0. The zero-order chi connectivity index (χ0) is 50.2. The zero-order valence-electron chi connectivity index (χ0n) is 38.3. The fourth-order valence-electron chi connectivity index (χ4n) is 5.27. The van der Waals surface area contributed by atoms with Gasteiger partial charge in [0.25, 0.3) is 23.6 Å². The number of nitriles is 1. The average Bonchev–Trinajstić information content (AvgIpc) is 3.24. The maximum Gasteiger partial charge on any atom is 0.335 e. The Hall–Kier alpha value is -8.33. The molecule has 0 fully saturated rings. The molecule has 6 amide bonds. The standard InChI is InChI=1S/C12H14N2O3.C12H12N2O2.C12H15NO2.C11H12N2O4/c1-7(15)8-4-9(11(13)16)6-10(5-8)12(17)14(2)3;1-8(15)10-4-9(7-13)5-11(6-10)12(16)14(2)3;1-8-5-10(9(2)14)7-11(6-8)12(15)13(3)4;1-13(2)10(15)7-3-6(9(12)14)4-8(5-7)11(16)17/h4-6H,1-3H3,(H2,13,16);4-6H,1-3H3;5-7H,1-4H3;3-5H,1-2H3,(H2,12,14)(H,16,17). The minimum atomic E-state index is -1.22. The third kappa shape index (κ3) is 16.8. The van der Waals surface area contributed by atoms with Crippen molar-refractivity contribution in [3.63, 3.8) is 0 Å². The Kier molecular flexibility index (Phi) is 20.5. The number of benzene rings is 4. The Morgan fingerprint density at radius 1 is 0.415 bits per heavy atom. The van der Waals surface area contributed by atoms with Crippen LogP contribution in [0, 0.1) is 18.3 Å². The van der Waals surface area contributed by atoms with Gasteiger partial charge in [-0.05, 0) is 106 Å². The number of aromatic carboxylic acids is 1. The van der Waals surface area contributed by atoms with E-state index in [0.29, 0.717) is 33.4 Å². The topological polar surface area (TPSA) is 280 Å². The summed E-state index contributed by atoms with van der Waals surface area (Å²) in [5.41, 5.74) is 14.0. The second-order valence-electron chi connectivity index (χ2n) is 15.1. The molecule has 0 aliphatic rings. The van der Waals surface area contributed by atoms with Crippen molar-refractivity contribution in [3.05, 3.63) is 140 Å². The molecule has 5 N–H and O–H groups in total. The summed E-state index contributed by atoms with van der Waals surface area (Å²) in [6, 6.07) is 19.5. The SMILES string of the molecule is CC(=O)c1cc(C#N)cc(C(=O)N(C)C)c1.CC(=O)c1cc(C(N)=O)cc(C(=O)N(C)C)c1.CC(=O)c1cc(C)cc(C(=O)N(C)C)c1.CN(C)C(=O)c1cc(C(N)=O)cc(C(=O)O)c1. The number of hydrogen-bond acceptors (Lipinski definition) is 11. The molecule has 0 atom stereocenters. The van der Waals surface area contributed by atoms with Crippen LogP contribution in [0.15, 0.2) is 72.8 Å². The van der Waals surface area contributed by atoms with Gasteiger partial charge in [0.1, 0.15) is 0 Å². The van der Waals surface area contributed by atoms with Crippen molar-refractivity contribution < 1.29 is 53.1 Å². The van der Waals surface area contributed by atoms with E-state index in [9.17, 15) is 47.9 Å².